The van der Waals surface area contributed by atoms with Crippen LogP contribution in [-0.4, -0.2) is 17.2 Å². The van der Waals surface area contributed by atoms with Crippen LogP contribution >= 0.6 is 0 Å². The minimum absolute atomic E-state index is 0.0850. The number of carboxylic acid groups (broad SMARTS) is 1. The van der Waals surface area contributed by atoms with Crippen molar-refractivity contribution in [3.8, 4) is 5.75 Å². The molecule has 3 heteroatoms. The van der Waals surface area contributed by atoms with Gasteiger partial charge in [-0.3, -0.25) is 0 Å². The third-order valence-corrected chi connectivity index (χ3v) is 2.69. The van der Waals surface area contributed by atoms with Crippen molar-refractivity contribution < 1.29 is 14.6 Å². The Labute approximate surface area is 102 Å². The molecule has 0 fully saturated rings. The highest BCUT2D eigenvalue weighted by molar-refractivity contribution is 5.72. The number of ether oxygens (including phenoxy) is 1. The Morgan fingerprint density at radius 2 is 1.94 bits per heavy atom. The van der Waals surface area contributed by atoms with Gasteiger partial charge in [-0.2, -0.15) is 0 Å². The summed E-state index contributed by atoms with van der Waals surface area (Å²) in [6.07, 6.45) is -0.825. The summed E-state index contributed by atoms with van der Waals surface area (Å²) in [5.74, 6) is -0.322. The molecule has 0 aliphatic rings. The zero-order chi connectivity index (χ0) is 13.2. The van der Waals surface area contributed by atoms with Gasteiger partial charge < -0.3 is 9.84 Å². The van der Waals surface area contributed by atoms with Crippen molar-refractivity contribution in [2.45, 2.75) is 46.1 Å². The number of carboxylic acids is 1. The van der Waals surface area contributed by atoms with Gasteiger partial charge in [0.1, 0.15) is 5.75 Å². The maximum absolute atomic E-state index is 10.7. The molecule has 0 radical (unpaired) electrons. The number of aryl methyl sites for hydroxylation is 1. The van der Waals surface area contributed by atoms with Crippen molar-refractivity contribution in [2.75, 3.05) is 0 Å². The summed E-state index contributed by atoms with van der Waals surface area (Å²) in [6, 6.07) is 5.87. The Morgan fingerprint density at radius 1 is 1.35 bits per heavy atom. The predicted octanol–water partition coefficient (Wildman–Crippen LogP) is 3.14. The fraction of sp³-hybridized carbons (Fsp3) is 0.500. The number of hydrogen-bond acceptors (Lipinski definition) is 2. The lowest BCUT2D eigenvalue weighted by Crippen LogP contribution is -2.23. The molecule has 1 aromatic carbocycles. The number of rotatable bonds is 3. The van der Waals surface area contributed by atoms with Gasteiger partial charge in [-0.05, 0) is 36.5 Å². The van der Waals surface area contributed by atoms with Crippen molar-refractivity contribution in [3.63, 3.8) is 0 Å². The topological polar surface area (TPSA) is 46.5 Å². The third-order valence-electron chi connectivity index (χ3n) is 2.69. The van der Waals surface area contributed by atoms with Crippen LogP contribution in [0.4, 0.5) is 0 Å². The van der Waals surface area contributed by atoms with Gasteiger partial charge in [0.2, 0.25) is 0 Å². The van der Waals surface area contributed by atoms with Gasteiger partial charge in [-0.15, -0.1) is 0 Å². The lowest BCUT2D eigenvalue weighted by molar-refractivity contribution is -0.144. The molecule has 0 heterocycles. The van der Waals surface area contributed by atoms with E-state index >= 15 is 0 Å². The third kappa shape index (κ3) is 3.48. The minimum Gasteiger partial charge on any atom is -0.479 e. The maximum atomic E-state index is 10.7. The van der Waals surface area contributed by atoms with Gasteiger partial charge in [-0.25, -0.2) is 4.79 Å². The highest BCUT2D eigenvalue weighted by Crippen LogP contribution is 2.27. The predicted molar refractivity (Wildman–Crippen MR) is 67.6 cm³/mol. The Kier molecular flexibility index (Phi) is 3.81. The number of benzene rings is 1. The molecule has 0 aliphatic heterocycles. The molecule has 17 heavy (non-hydrogen) atoms. The first-order valence-electron chi connectivity index (χ1n) is 5.72. The first kappa shape index (κ1) is 13.6. The fourth-order valence-electron chi connectivity index (χ4n) is 1.49. The van der Waals surface area contributed by atoms with E-state index in [2.05, 4.69) is 20.8 Å². The van der Waals surface area contributed by atoms with Crippen LogP contribution < -0.4 is 4.74 Å². The summed E-state index contributed by atoms with van der Waals surface area (Å²) in [7, 11) is 0. The van der Waals surface area contributed by atoms with E-state index in [1.54, 1.807) is 0 Å². The van der Waals surface area contributed by atoms with E-state index in [1.807, 2.05) is 25.1 Å². The summed E-state index contributed by atoms with van der Waals surface area (Å²) in [6.45, 7) is 9.88. The van der Waals surface area contributed by atoms with Crippen LogP contribution in [0.25, 0.3) is 0 Å². The van der Waals surface area contributed by atoms with Crippen LogP contribution in [0.1, 0.15) is 38.8 Å². The SMILES string of the molecule is Cc1cc(C(C)(C)C)ccc1O[C@H](C)C(=O)O. The lowest BCUT2D eigenvalue weighted by atomic mass is 9.86. The van der Waals surface area contributed by atoms with Gasteiger partial charge in [0.25, 0.3) is 0 Å². The summed E-state index contributed by atoms with van der Waals surface area (Å²) in [4.78, 5) is 10.7. The maximum Gasteiger partial charge on any atom is 0.344 e. The quantitative estimate of drug-likeness (QED) is 0.877. The Morgan fingerprint density at radius 3 is 2.35 bits per heavy atom. The van der Waals surface area contributed by atoms with Gasteiger partial charge >= 0.3 is 5.97 Å². The van der Waals surface area contributed by atoms with E-state index in [0.717, 1.165) is 5.56 Å². The van der Waals surface area contributed by atoms with Crippen LogP contribution in [-0.2, 0) is 10.2 Å². The highest BCUT2D eigenvalue weighted by atomic mass is 16.5. The van der Waals surface area contributed by atoms with Gasteiger partial charge in [0, 0.05) is 0 Å². The normalized spacial score (nSPS) is 13.2. The van der Waals surface area contributed by atoms with Crippen LogP contribution in [0.3, 0.4) is 0 Å². The van der Waals surface area contributed by atoms with Crippen LogP contribution in [0.15, 0.2) is 18.2 Å². The van der Waals surface area contributed by atoms with Gasteiger partial charge in [0.05, 0.1) is 0 Å². The van der Waals surface area contributed by atoms with Crippen LogP contribution in [0, 0.1) is 6.92 Å². The lowest BCUT2D eigenvalue weighted by Gasteiger charge is -2.21. The molecule has 0 saturated carbocycles. The average Bonchev–Trinajstić information content (AvgIpc) is 2.19. The average molecular weight is 236 g/mol. The molecule has 1 N–H and O–H groups in total. The highest BCUT2D eigenvalue weighted by Gasteiger charge is 2.17. The van der Waals surface area contributed by atoms with Crippen molar-refractivity contribution in [1.82, 2.24) is 0 Å². The van der Waals surface area contributed by atoms with Crippen molar-refractivity contribution in [2.24, 2.45) is 0 Å². The molecule has 0 saturated heterocycles. The summed E-state index contributed by atoms with van der Waals surface area (Å²) < 4.78 is 5.37. The number of carbonyl (C=O) groups is 1. The second-order valence-electron chi connectivity index (χ2n) is 5.33. The zero-order valence-corrected chi connectivity index (χ0v) is 11.1. The van der Waals surface area contributed by atoms with Crippen molar-refractivity contribution >= 4 is 5.97 Å². The zero-order valence-electron chi connectivity index (χ0n) is 11.1. The second-order valence-corrected chi connectivity index (χ2v) is 5.33. The molecule has 1 aromatic rings. The Balaban J connectivity index is 2.95. The van der Waals surface area contributed by atoms with E-state index in [4.69, 9.17) is 9.84 Å². The molecule has 0 bridgehead atoms. The summed E-state index contributed by atoms with van der Waals surface area (Å²) >= 11 is 0. The van der Waals surface area contributed by atoms with E-state index in [9.17, 15) is 4.79 Å². The van der Waals surface area contributed by atoms with Crippen LogP contribution in [0.5, 0.6) is 5.75 Å². The molecule has 1 rings (SSSR count). The Hall–Kier alpha value is -1.51. The van der Waals surface area contributed by atoms with Crippen LogP contribution in [0.2, 0.25) is 0 Å². The first-order chi connectivity index (χ1) is 7.71. The smallest absolute Gasteiger partial charge is 0.344 e. The number of aliphatic carboxylic acids is 1. The van der Waals surface area contributed by atoms with Gasteiger partial charge in [-0.1, -0.05) is 32.9 Å². The minimum atomic E-state index is -0.954. The molecule has 3 nitrogen and oxygen atoms in total. The summed E-state index contributed by atoms with van der Waals surface area (Å²) in [5.41, 5.74) is 2.26. The molecular weight excluding hydrogens is 216 g/mol. The molecule has 0 aliphatic carbocycles. The standard InChI is InChI=1S/C14H20O3/c1-9-8-11(14(3,4)5)6-7-12(9)17-10(2)13(15)16/h6-8,10H,1-5H3,(H,15,16)/t10-/m1/s1. The van der Waals surface area contributed by atoms with E-state index in [1.165, 1.54) is 12.5 Å². The monoisotopic (exact) mass is 236 g/mol. The van der Waals surface area contributed by atoms with Crippen molar-refractivity contribution in [3.05, 3.63) is 29.3 Å². The second kappa shape index (κ2) is 4.78. The molecule has 94 valence electrons. The molecule has 0 unspecified atom stereocenters. The van der Waals surface area contributed by atoms with Gasteiger partial charge in [0.15, 0.2) is 6.10 Å². The van der Waals surface area contributed by atoms with E-state index in [0.29, 0.717) is 5.75 Å². The molecule has 0 amide bonds. The van der Waals surface area contributed by atoms with E-state index in [-0.39, 0.29) is 5.41 Å². The largest absolute Gasteiger partial charge is 0.479 e. The molecular formula is C14H20O3. The van der Waals surface area contributed by atoms with Crippen molar-refractivity contribution in [1.29, 1.82) is 0 Å². The molecule has 0 aromatic heterocycles. The van der Waals surface area contributed by atoms with E-state index < -0.39 is 12.1 Å². The number of hydrogen-bond donors (Lipinski definition) is 1. The Bertz CT molecular complexity index is 416. The first-order valence-corrected chi connectivity index (χ1v) is 5.72. The fourth-order valence-corrected chi connectivity index (χ4v) is 1.49. The molecule has 0 spiro atoms. The summed E-state index contributed by atoms with van der Waals surface area (Å²) in [5, 5.41) is 8.79. The molecule has 1 atom stereocenters.